The van der Waals surface area contributed by atoms with Crippen molar-refractivity contribution < 1.29 is 75.8 Å². The van der Waals surface area contributed by atoms with Gasteiger partial charge in [-0.25, -0.2) is 9.13 Å². The lowest BCUT2D eigenvalue weighted by atomic mass is 10.0. The molecule has 0 amide bonds. The van der Waals surface area contributed by atoms with Crippen molar-refractivity contribution in [3.05, 3.63) is 182 Å². The number of aliphatic hydroxyl groups excluding tert-OH is 2. The van der Waals surface area contributed by atoms with Crippen LogP contribution in [0.3, 0.4) is 0 Å². The summed E-state index contributed by atoms with van der Waals surface area (Å²) in [7, 11) is -9.82. The van der Waals surface area contributed by atoms with Crippen LogP contribution in [0.4, 0.5) is 0 Å². The van der Waals surface area contributed by atoms with Crippen molar-refractivity contribution in [3.8, 4) is 0 Å². The van der Waals surface area contributed by atoms with E-state index in [9.17, 15) is 43.5 Å². The van der Waals surface area contributed by atoms with E-state index in [2.05, 4.69) is 203 Å². The van der Waals surface area contributed by atoms with Crippen LogP contribution in [-0.4, -0.2) is 95.9 Å². The van der Waals surface area contributed by atoms with Gasteiger partial charge in [-0.1, -0.05) is 357 Å². The number of rotatable bonds is 84. The third-order valence-electron chi connectivity index (χ3n) is 18.6. The minimum Gasteiger partial charge on any atom is -0.463 e. The molecule has 0 radical (unpaired) electrons. The fourth-order valence-electron chi connectivity index (χ4n) is 11.8. The highest BCUT2D eigenvalue weighted by atomic mass is 31.2. The zero-order valence-corrected chi connectivity index (χ0v) is 73.9. The molecule has 0 rings (SSSR count). The Hall–Kier alpha value is -5.35. The average Bonchev–Trinajstić information content (AvgIpc) is 0.902. The number of hydrogen-bond donors (Lipinski definition) is 4. The Labute approximate surface area is 700 Å². The molecule has 0 saturated heterocycles. The van der Waals surface area contributed by atoms with E-state index < -0.39 is 91.5 Å². The first kappa shape index (κ1) is 110. The molecular weight excluding hydrogens is 1480 g/mol. The Bertz CT molecular complexity index is 2820. The molecule has 0 aliphatic carbocycles. The fourth-order valence-corrected chi connectivity index (χ4v) is 13.4. The van der Waals surface area contributed by atoms with Crippen molar-refractivity contribution in [1.82, 2.24) is 0 Å². The molecule has 0 fully saturated rings. The molecule has 0 aromatic carbocycles. The lowest BCUT2D eigenvalue weighted by Gasteiger charge is -2.21. The van der Waals surface area contributed by atoms with E-state index in [0.717, 1.165) is 161 Å². The fraction of sp³-hybridized carbons (Fsp3) is 0.660. The van der Waals surface area contributed by atoms with Crippen molar-refractivity contribution in [1.29, 1.82) is 0 Å². The SMILES string of the molecule is CC/C=C\C/C=C\C/C=C\C/C=C\C/C=C\C/C=C\CCCCCCCCCCCCCCCCCCC(=O)OCC(O)COP(=O)(O)OCC(O)COP(=O)(O)OCC(COC(=O)CCCCCCCCCCC/C=C\C/C=C\C/C=C\C/C=C\CCCCC)OC(=O)CCCCC/C=C\C/C=C\C/C=C\C/C=C\C/C=C\CC. The van der Waals surface area contributed by atoms with Gasteiger partial charge in [0.1, 0.15) is 25.4 Å². The number of allylic oxidation sites excluding steroid dienone is 30. The summed E-state index contributed by atoms with van der Waals surface area (Å²) in [6.07, 6.45) is 115. The molecular formula is C97H162O16P2. The van der Waals surface area contributed by atoms with Gasteiger partial charge in [0.05, 0.1) is 26.4 Å². The lowest BCUT2D eigenvalue weighted by molar-refractivity contribution is -0.161. The predicted octanol–water partition coefficient (Wildman–Crippen LogP) is 27.7. The minimum absolute atomic E-state index is 0.0589. The highest BCUT2D eigenvalue weighted by Crippen LogP contribution is 2.45. The highest BCUT2D eigenvalue weighted by molar-refractivity contribution is 7.47. The second-order valence-electron chi connectivity index (χ2n) is 29.6. The van der Waals surface area contributed by atoms with Gasteiger partial charge in [-0.15, -0.1) is 0 Å². The van der Waals surface area contributed by atoms with Gasteiger partial charge in [-0.2, -0.15) is 0 Å². The number of esters is 3. The summed E-state index contributed by atoms with van der Waals surface area (Å²) in [6, 6.07) is 0. The van der Waals surface area contributed by atoms with Gasteiger partial charge in [0, 0.05) is 19.3 Å². The van der Waals surface area contributed by atoms with Crippen molar-refractivity contribution >= 4 is 33.6 Å². The van der Waals surface area contributed by atoms with Crippen LogP contribution >= 0.6 is 15.6 Å². The van der Waals surface area contributed by atoms with Crippen molar-refractivity contribution in [3.63, 3.8) is 0 Å². The summed E-state index contributed by atoms with van der Waals surface area (Å²) in [5.74, 6) is -1.62. The van der Waals surface area contributed by atoms with Crippen molar-refractivity contribution in [2.45, 2.75) is 373 Å². The quantitative estimate of drug-likeness (QED) is 0.0146. The monoisotopic (exact) mass is 1650 g/mol. The number of aliphatic hydroxyl groups is 2. The summed E-state index contributed by atoms with van der Waals surface area (Å²) < 4.78 is 61.4. The van der Waals surface area contributed by atoms with Gasteiger partial charge in [0.25, 0.3) is 0 Å². The number of carbonyl (C=O) groups excluding carboxylic acids is 3. The zero-order chi connectivity index (χ0) is 83.6. The van der Waals surface area contributed by atoms with Gasteiger partial charge in [0.2, 0.25) is 0 Å². The van der Waals surface area contributed by atoms with Crippen molar-refractivity contribution in [2.75, 3.05) is 39.6 Å². The molecule has 0 aliphatic rings. The van der Waals surface area contributed by atoms with Crippen LogP contribution in [0.25, 0.3) is 0 Å². The molecule has 5 atom stereocenters. The predicted molar refractivity (Wildman–Crippen MR) is 481 cm³/mol. The van der Waals surface area contributed by atoms with Crippen LogP contribution in [0, 0.1) is 0 Å². The molecule has 0 heterocycles. The Morgan fingerprint density at radius 1 is 0.252 bits per heavy atom. The van der Waals surface area contributed by atoms with Crippen LogP contribution in [-0.2, 0) is 55.8 Å². The smallest absolute Gasteiger partial charge is 0.463 e. The summed E-state index contributed by atoms with van der Waals surface area (Å²) in [4.78, 5) is 58.9. The molecule has 0 saturated carbocycles. The normalized spacial score (nSPS) is 14.7. The maximum absolute atomic E-state index is 13.0. The molecule has 0 aromatic rings. The molecule has 4 N–H and O–H groups in total. The van der Waals surface area contributed by atoms with E-state index >= 15 is 0 Å². The molecule has 18 heteroatoms. The second-order valence-corrected chi connectivity index (χ2v) is 32.5. The first-order valence-electron chi connectivity index (χ1n) is 45.1. The number of unbranched alkanes of at least 4 members (excludes halogenated alkanes) is 31. The standard InChI is InChI=1S/C97H162O16P2/c1-4-7-10-13-16-19-22-25-28-31-34-36-38-40-41-42-43-44-45-46-47-48-49-51-53-54-57-59-62-65-68-71-74-77-80-83-95(100)107-86-92(98)87-109-114(103,104)110-88-93(99)89-111-115(105,106)112-91-94(113-97(102)85-82-79-76-73-70-67-64-61-56-33-30-27-24-21-18-15-12-9-6-3)90-108-96(101)84-81-78-75-72-69-66-63-60-58-55-52-50-39-37-35-32-29-26-23-20-17-14-11-8-5-2/h7,9-10,12,16-21,25-30,34-37,40-41,43-44,50,52,56,61,67,70,92-94,98-99H,4-6,8,11,13-15,22-24,31-33,38-39,42,45-49,51,53-55,57-60,62-66,68-69,71-91H2,1-3H3,(H,103,104)(H,105,106)/b10-7-,12-9-,19-16-,20-17-,21-18-,28-25-,29-26-,30-27-,36-34-,37-35-,41-40-,44-43-,52-50-,61-56-,70-67-. The van der Waals surface area contributed by atoms with Crippen LogP contribution < -0.4 is 0 Å². The average molecular weight is 1650 g/mol. The highest BCUT2D eigenvalue weighted by Gasteiger charge is 2.29. The van der Waals surface area contributed by atoms with E-state index in [-0.39, 0.29) is 19.3 Å². The van der Waals surface area contributed by atoms with E-state index in [0.29, 0.717) is 19.3 Å². The topological polar surface area (TPSA) is 231 Å². The third kappa shape index (κ3) is 89.3. The van der Waals surface area contributed by atoms with Gasteiger partial charge in [-0.05, 0) is 161 Å². The van der Waals surface area contributed by atoms with Gasteiger partial charge in [-0.3, -0.25) is 32.5 Å². The van der Waals surface area contributed by atoms with Crippen LogP contribution in [0.5, 0.6) is 0 Å². The molecule has 5 unspecified atom stereocenters. The zero-order valence-electron chi connectivity index (χ0n) is 72.1. The van der Waals surface area contributed by atoms with Gasteiger partial charge in [0.15, 0.2) is 6.10 Å². The largest absolute Gasteiger partial charge is 0.472 e. The summed E-state index contributed by atoms with van der Waals surface area (Å²) in [5.41, 5.74) is 0. The molecule has 16 nitrogen and oxygen atoms in total. The molecule has 0 aromatic heterocycles. The summed E-state index contributed by atoms with van der Waals surface area (Å²) in [5, 5.41) is 20.7. The number of carbonyl (C=O) groups is 3. The van der Waals surface area contributed by atoms with Crippen LogP contribution in [0.1, 0.15) is 355 Å². The van der Waals surface area contributed by atoms with Crippen LogP contribution in [0.15, 0.2) is 182 Å². The maximum atomic E-state index is 13.0. The number of ether oxygens (including phenoxy) is 3. The first-order valence-corrected chi connectivity index (χ1v) is 48.1. The Morgan fingerprint density at radius 3 is 0.739 bits per heavy atom. The first-order chi connectivity index (χ1) is 56.2. The second kappa shape index (κ2) is 87.9. The molecule has 115 heavy (non-hydrogen) atoms. The van der Waals surface area contributed by atoms with E-state index in [1.807, 2.05) is 0 Å². The summed E-state index contributed by atoms with van der Waals surface area (Å²) >= 11 is 0. The van der Waals surface area contributed by atoms with Crippen LogP contribution in [0.2, 0.25) is 0 Å². The maximum Gasteiger partial charge on any atom is 0.472 e. The van der Waals surface area contributed by atoms with E-state index in [1.54, 1.807) is 0 Å². The summed E-state index contributed by atoms with van der Waals surface area (Å²) in [6.45, 7) is 2.40. The number of phosphoric acid groups is 2. The Morgan fingerprint density at radius 2 is 0.461 bits per heavy atom. The third-order valence-corrected chi connectivity index (χ3v) is 20.5. The van der Waals surface area contributed by atoms with Crippen molar-refractivity contribution in [2.24, 2.45) is 0 Å². The lowest BCUT2D eigenvalue weighted by Crippen LogP contribution is -2.30. The number of hydrogen-bond acceptors (Lipinski definition) is 14. The van der Waals surface area contributed by atoms with Gasteiger partial charge < -0.3 is 34.2 Å². The van der Waals surface area contributed by atoms with Gasteiger partial charge >= 0.3 is 33.6 Å². The molecule has 0 spiro atoms. The number of phosphoric ester groups is 2. The van der Waals surface area contributed by atoms with E-state index in [4.69, 9.17) is 32.3 Å². The minimum atomic E-state index is -4.95. The Kier molecular flexibility index (Phi) is 83.9. The molecule has 0 aliphatic heterocycles. The van der Waals surface area contributed by atoms with E-state index in [1.165, 1.54) is 135 Å². The molecule has 0 bridgehead atoms. The Balaban J connectivity index is 4.54. The molecule has 656 valence electrons.